The molecule has 1 aromatic carbocycles. The lowest BCUT2D eigenvalue weighted by Gasteiger charge is -2.03. The average Bonchev–Trinajstić information content (AvgIpc) is 3.13. The van der Waals surface area contributed by atoms with Crippen molar-refractivity contribution < 1.29 is 23.8 Å². The van der Waals surface area contributed by atoms with Gasteiger partial charge in [-0.1, -0.05) is 0 Å². The lowest BCUT2D eigenvalue weighted by atomic mass is 10.2. The van der Waals surface area contributed by atoms with Crippen molar-refractivity contribution >= 4 is 28.3 Å². The van der Waals surface area contributed by atoms with Gasteiger partial charge in [-0.05, 0) is 25.1 Å². The smallest absolute Gasteiger partial charge is 0.310 e. The second-order valence-electron chi connectivity index (χ2n) is 4.80. The predicted molar refractivity (Wildman–Crippen MR) is 83.1 cm³/mol. The minimum Gasteiger partial charge on any atom is -0.469 e. The fourth-order valence-electron chi connectivity index (χ4n) is 2.06. The molecule has 0 saturated heterocycles. The summed E-state index contributed by atoms with van der Waals surface area (Å²) in [6.45, 7) is 1.94. The zero-order valence-corrected chi connectivity index (χ0v) is 13.4. The van der Waals surface area contributed by atoms with Crippen molar-refractivity contribution in [1.82, 2.24) is 4.98 Å². The number of aryl methyl sites for hydroxylation is 1. The minimum absolute atomic E-state index is 0.139. The Morgan fingerprint density at radius 2 is 2.13 bits per heavy atom. The molecule has 3 rings (SSSR count). The second kappa shape index (κ2) is 6.25. The van der Waals surface area contributed by atoms with Crippen LogP contribution in [0.3, 0.4) is 0 Å². The van der Waals surface area contributed by atoms with Crippen LogP contribution in [0.25, 0.3) is 0 Å². The third-order valence-corrected chi connectivity index (χ3v) is 4.35. The predicted octanol–water partition coefficient (Wildman–Crippen LogP) is 2.15. The monoisotopic (exact) mass is 334 g/mol. The van der Waals surface area contributed by atoms with E-state index >= 15 is 0 Å². The molecule has 2 aromatic rings. The van der Waals surface area contributed by atoms with Gasteiger partial charge in [-0.3, -0.25) is 14.9 Å². The van der Waals surface area contributed by atoms with Gasteiger partial charge in [0.1, 0.15) is 0 Å². The number of rotatable bonds is 4. The Balaban J connectivity index is 1.73. The number of fused-ring (bicyclic) bond motifs is 1. The van der Waals surface area contributed by atoms with Gasteiger partial charge in [0, 0.05) is 10.4 Å². The quantitative estimate of drug-likeness (QED) is 0.862. The maximum atomic E-state index is 12.3. The van der Waals surface area contributed by atoms with E-state index < -0.39 is 0 Å². The molecular formula is C15H14N2O5S. The number of hydrogen-bond donors (Lipinski definition) is 1. The highest BCUT2D eigenvalue weighted by Crippen LogP contribution is 2.33. The topological polar surface area (TPSA) is 86.8 Å². The zero-order valence-electron chi connectivity index (χ0n) is 12.5. The lowest BCUT2D eigenvalue weighted by molar-refractivity contribution is -0.139. The molecule has 0 unspecified atom stereocenters. The number of methoxy groups -OCH3 is 1. The number of carbonyl (C=O) groups excluding carboxylic acids is 2. The van der Waals surface area contributed by atoms with E-state index in [4.69, 9.17) is 9.47 Å². The van der Waals surface area contributed by atoms with Gasteiger partial charge in [0.25, 0.3) is 5.91 Å². The van der Waals surface area contributed by atoms with Gasteiger partial charge < -0.3 is 14.2 Å². The Bertz CT molecular complexity index is 771. The molecule has 0 fully saturated rings. The number of carbonyl (C=O) groups is 2. The number of nitrogens with one attached hydrogen (secondary N) is 1. The second-order valence-corrected chi connectivity index (χ2v) is 5.89. The first-order valence-corrected chi connectivity index (χ1v) is 7.62. The molecule has 0 saturated carbocycles. The molecule has 1 N–H and O–H groups in total. The molecule has 1 aliphatic rings. The minimum atomic E-state index is -0.342. The van der Waals surface area contributed by atoms with Crippen LogP contribution in [0.1, 0.15) is 20.9 Å². The summed E-state index contributed by atoms with van der Waals surface area (Å²) in [5.41, 5.74) is 1.14. The van der Waals surface area contributed by atoms with Crippen LogP contribution in [0.15, 0.2) is 18.2 Å². The van der Waals surface area contributed by atoms with E-state index in [1.165, 1.54) is 18.4 Å². The van der Waals surface area contributed by atoms with Crippen molar-refractivity contribution in [3.63, 3.8) is 0 Å². The van der Waals surface area contributed by atoms with Crippen LogP contribution in [-0.2, 0) is 16.0 Å². The van der Waals surface area contributed by atoms with Gasteiger partial charge in [-0.15, -0.1) is 11.3 Å². The largest absolute Gasteiger partial charge is 0.469 e. The van der Waals surface area contributed by atoms with Crippen molar-refractivity contribution in [2.45, 2.75) is 13.3 Å². The van der Waals surface area contributed by atoms with Gasteiger partial charge >= 0.3 is 5.97 Å². The van der Waals surface area contributed by atoms with Crippen LogP contribution in [0, 0.1) is 6.92 Å². The number of amides is 1. The number of esters is 1. The molecule has 23 heavy (non-hydrogen) atoms. The van der Waals surface area contributed by atoms with Gasteiger partial charge in [-0.2, -0.15) is 0 Å². The summed E-state index contributed by atoms with van der Waals surface area (Å²) < 4.78 is 15.1. The van der Waals surface area contributed by atoms with Crippen LogP contribution >= 0.6 is 11.3 Å². The van der Waals surface area contributed by atoms with E-state index in [2.05, 4.69) is 15.0 Å². The third-order valence-electron chi connectivity index (χ3n) is 3.28. The summed E-state index contributed by atoms with van der Waals surface area (Å²) in [6.07, 6.45) is 0.139. The Hall–Kier alpha value is -2.61. The highest BCUT2D eigenvalue weighted by molar-refractivity contribution is 7.16. The zero-order chi connectivity index (χ0) is 16.4. The molecule has 0 atom stereocenters. The Morgan fingerprint density at radius 1 is 1.35 bits per heavy atom. The number of nitrogens with zero attached hydrogens (tertiary/aromatic N) is 1. The van der Waals surface area contributed by atoms with Crippen molar-refractivity contribution in [2.24, 2.45) is 0 Å². The maximum Gasteiger partial charge on any atom is 0.310 e. The van der Waals surface area contributed by atoms with Crippen molar-refractivity contribution in [1.29, 1.82) is 0 Å². The van der Waals surface area contributed by atoms with Gasteiger partial charge in [0.2, 0.25) is 6.79 Å². The standard InChI is InChI=1S/C15H14N2O5S/c1-8-12(6-13(18)20-2)23-15(16-8)17-14(19)9-3-4-10-11(5-9)22-7-21-10/h3-5H,6-7H2,1-2H3,(H,16,17,19). The molecule has 1 aromatic heterocycles. The van der Waals surface area contributed by atoms with E-state index in [-0.39, 0.29) is 25.1 Å². The fraction of sp³-hybridized carbons (Fsp3) is 0.267. The SMILES string of the molecule is COC(=O)Cc1sc(NC(=O)c2ccc3c(c2)OCO3)nc1C. The first-order chi connectivity index (χ1) is 11.1. The van der Waals surface area contributed by atoms with Crippen LogP contribution in [0.5, 0.6) is 11.5 Å². The fourth-order valence-corrected chi connectivity index (χ4v) is 3.00. The highest BCUT2D eigenvalue weighted by atomic mass is 32.1. The van der Waals surface area contributed by atoms with Crippen LogP contribution in [0.2, 0.25) is 0 Å². The average molecular weight is 334 g/mol. The molecule has 0 bridgehead atoms. The summed E-state index contributed by atoms with van der Waals surface area (Å²) in [6, 6.07) is 4.96. The number of hydrogen-bond acceptors (Lipinski definition) is 7. The molecule has 2 heterocycles. The Morgan fingerprint density at radius 3 is 2.91 bits per heavy atom. The van der Waals surface area contributed by atoms with E-state index in [0.717, 1.165) is 4.88 Å². The number of ether oxygens (including phenoxy) is 3. The molecule has 1 amide bonds. The summed E-state index contributed by atoms with van der Waals surface area (Å²) in [5.74, 6) is 0.512. The van der Waals surface area contributed by atoms with Crippen molar-refractivity contribution in [3.05, 3.63) is 34.3 Å². The molecule has 1 aliphatic heterocycles. The summed E-state index contributed by atoms with van der Waals surface area (Å²) >= 11 is 1.25. The Labute approximate surface area is 136 Å². The van der Waals surface area contributed by atoms with Crippen molar-refractivity contribution in [3.8, 4) is 11.5 Å². The Kier molecular flexibility index (Phi) is 4.16. The first kappa shape index (κ1) is 15.3. The van der Waals surface area contributed by atoms with E-state index in [9.17, 15) is 9.59 Å². The molecule has 120 valence electrons. The summed E-state index contributed by atoms with van der Waals surface area (Å²) in [5, 5.41) is 3.16. The first-order valence-electron chi connectivity index (χ1n) is 6.81. The number of aromatic nitrogens is 1. The number of benzene rings is 1. The van der Waals surface area contributed by atoms with E-state index in [1.54, 1.807) is 25.1 Å². The summed E-state index contributed by atoms with van der Waals surface area (Å²) in [4.78, 5) is 28.6. The normalized spacial score (nSPS) is 12.1. The van der Waals surface area contributed by atoms with Crippen molar-refractivity contribution in [2.75, 3.05) is 19.2 Å². The van der Waals surface area contributed by atoms with Crippen LogP contribution in [0.4, 0.5) is 5.13 Å². The van der Waals surface area contributed by atoms with Gasteiger partial charge in [0.15, 0.2) is 16.6 Å². The third kappa shape index (κ3) is 3.26. The molecule has 7 nitrogen and oxygen atoms in total. The lowest BCUT2D eigenvalue weighted by Crippen LogP contribution is -2.11. The van der Waals surface area contributed by atoms with E-state index in [0.29, 0.717) is 27.9 Å². The van der Waals surface area contributed by atoms with Crippen LogP contribution < -0.4 is 14.8 Å². The molecule has 0 aliphatic carbocycles. The van der Waals surface area contributed by atoms with Gasteiger partial charge in [-0.25, -0.2) is 4.98 Å². The molecule has 0 radical (unpaired) electrons. The van der Waals surface area contributed by atoms with Gasteiger partial charge in [0.05, 0.1) is 19.2 Å². The highest BCUT2D eigenvalue weighted by Gasteiger charge is 2.18. The molecule has 0 spiro atoms. The van der Waals surface area contributed by atoms with Crippen LogP contribution in [-0.4, -0.2) is 30.8 Å². The summed E-state index contributed by atoms with van der Waals surface area (Å²) in [7, 11) is 1.33. The number of thiazole rings is 1. The van der Waals surface area contributed by atoms with E-state index in [1.807, 2.05) is 0 Å². The number of anilines is 1. The molecule has 8 heteroatoms. The molecular weight excluding hydrogens is 320 g/mol. The maximum absolute atomic E-state index is 12.3.